The highest BCUT2D eigenvalue weighted by atomic mass is 32.2. The molecule has 0 fully saturated rings. The van der Waals surface area contributed by atoms with Crippen LogP contribution in [0, 0.1) is 17.5 Å². The molecule has 0 bridgehead atoms. The van der Waals surface area contributed by atoms with Crippen LogP contribution in [0.4, 0.5) is 18.9 Å². The second kappa shape index (κ2) is 9.35. The standard InChI is InChI=1S/C28H17F3N4O4S/c29-17-2-1-3-18(10-17)40(38,39)35-23-7-6-22(30)24(25(23)31)26(36)21-13-33-27-20(21)9-16(12-32-27)14-4-5-15-11-34-28(37)19(15)8-14/h1-10,12-13,35H,11H2,(H,32,33)(H,34,37). The Bertz CT molecular complexity index is 1990. The molecule has 3 heterocycles. The fraction of sp³-hybridized carbons (Fsp3) is 0.0357. The van der Waals surface area contributed by atoms with Gasteiger partial charge in [0, 0.05) is 41.0 Å². The first-order valence-electron chi connectivity index (χ1n) is 11.8. The van der Waals surface area contributed by atoms with Crippen LogP contribution in [0.1, 0.15) is 31.8 Å². The number of halogens is 3. The number of aromatic amines is 1. The van der Waals surface area contributed by atoms with Crippen molar-refractivity contribution in [3.63, 3.8) is 0 Å². The fourth-order valence-corrected chi connectivity index (χ4v) is 5.64. The van der Waals surface area contributed by atoms with Crippen LogP contribution in [-0.4, -0.2) is 30.1 Å². The van der Waals surface area contributed by atoms with Gasteiger partial charge < -0.3 is 10.3 Å². The highest BCUT2D eigenvalue weighted by Gasteiger charge is 2.27. The van der Waals surface area contributed by atoms with Gasteiger partial charge in [-0.05, 0) is 53.6 Å². The number of carbonyl (C=O) groups is 2. The molecule has 0 saturated heterocycles. The van der Waals surface area contributed by atoms with Gasteiger partial charge in [0.2, 0.25) is 5.78 Å². The predicted octanol–water partition coefficient (Wildman–Crippen LogP) is 4.92. The zero-order valence-electron chi connectivity index (χ0n) is 20.3. The van der Waals surface area contributed by atoms with Gasteiger partial charge in [-0.2, -0.15) is 0 Å². The molecule has 0 spiro atoms. The van der Waals surface area contributed by atoms with E-state index in [0.717, 1.165) is 42.0 Å². The number of aromatic nitrogens is 2. The molecule has 0 saturated carbocycles. The number of nitrogens with zero attached hydrogens (tertiary/aromatic N) is 1. The van der Waals surface area contributed by atoms with Crippen molar-refractivity contribution in [2.75, 3.05) is 4.72 Å². The lowest BCUT2D eigenvalue weighted by Gasteiger charge is -2.12. The maximum atomic E-state index is 15.5. The van der Waals surface area contributed by atoms with E-state index in [2.05, 4.69) is 15.3 Å². The number of hydrogen-bond donors (Lipinski definition) is 3. The molecule has 1 aliphatic rings. The van der Waals surface area contributed by atoms with E-state index in [0.29, 0.717) is 23.2 Å². The second-order valence-electron chi connectivity index (χ2n) is 9.05. The molecule has 1 aliphatic heterocycles. The molecule has 5 aromatic rings. The monoisotopic (exact) mass is 562 g/mol. The minimum absolute atomic E-state index is 0.105. The van der Waals surface area contributed by atoms with E-state index in [1.165, 1.54) is 12.4 Å². The molecule has 3 N–H and O–H groups in total. The van der Waals surface area contributed by atoms with Gasteiger partial charge >= 0.3 is 0 Å². The smallest absolute Gasteiger partial charge is 0.262 e. The highest BCUT2D eigenvalue weighted by molar-refractivity contribution is 7.92. The topological polar surface area (TPSA) is 121 Å². The van der Waals surface area contributed by atoms with E-state index in [1.54, 1.807) is 24.3 Å². The first kappa shape index (κ1) is 25.3. The average molecular weight is 563 g/mol. The molecule has 3 aromatic carbocycles. The third kappa shape index (κ3) is 4.28. The van der Waals surface area contributed by atoms with E-state index in [-0.39, 0.29) is 22.5 Å². The van der Waals surface area contributed by atoms with Crippen molar-refractivity contribution >= 4 is 38.4 Å². The van der Waals surface area contributed by atoms with Crippen LogP contribution in [0.15, 0.2) is 78.0 Å². The van der Waals surface area contributed by atoms with Gasteiger partial charge in [0.1, 0.15) is 17.3 Å². The fourth-order valence-electron chi connectivity index (χ4n) is 4.55. The van der Waals surface area contributed by atoms with Gasteiger partial charge in [-0.25, -0.2) is 26.6 Å². The minimum atomic E-state index is -4.46. The molecule has 200 valence electrons. The van der Waals surface area contributed by atoms with Gasteiger partial charge in [-0.15, -0.1) is 0 Å². The number of nitrogens with one attached hydrogen (secondary N) is 3. The predicted molar refractivity (Wildman–Crippen MR) is 140 cm³/mol. The van der Waals surface area contributed by atoms with Crippen molar-refractivity contribution in [1.29, 1.82) is 0 Å². The zero-order chi connectivity index (χ0) is 28.2. The van der Waals surface area contributed by atoms with Crippen LogP contribution < -0.4 is 10.0 Å². The number of anilines is 1. The summed E-state index contributed by atoms with van der Waals surface area (Å²) in [5.41, 5.74) is 1.06. The van der Waals surface area contributed by atoms with Crippen LogP contribution in [0.2, 0.25) is 0 Å². The Kier molecular flexibility index (Phi) is 5.91. The molecule has 0 atom stereocenters. The van der Waals surface area contributed by atoms with E-state index >= 15 is 4.39 Å². The zero-order valence-corrected chi connectivity index (χ0v) is 21.1. The van der Waals surface area contributed by atoms with E-state index in [1.807, 2.05) is 4.72 Å². The second-order valence-corrected chi connectivity index (χ2v) is 10.7. The summed E-state index contributed by atoms with van der Waals surface area (Å²) in [5, 5.41) is 3.00. The largest absolute Gasteiger partial charge is 0.348 e. The molecule has 0 aliphatic carbocycles. The Labute approximate surface area is 224 Å². The Balaban J connectivity index is 1.38. The van der Waals surface area contributed by atoms with E-state index in [9.17, 15) is 26.8 Å². The number of amides is 1. The number of ketones is 1. The summed E-state index contributed by atoms with van der Waals surface area (Å²) in [6, 6.07) is 12.5. The molecule has 40 heavy (non-hydrogen) atoms. The number of fused-ring (bicyclic) bond motifs is 2. The molecule has 8 nitrogen and oxygen atoms in total. The number of pyridine rings is 1. The first-order valence-corrected chi connectivity index (χ1v) is 13.3. The van der Waals surface area contributed by atoms with Gasteiger partial charge in [0.05, 0.1) is 16.1 Å². The maximum absolute atomic E-state index is 15.5. The number of hydrogen-bond acceptors (Lipinski definition) is 5. The third-order valence-electron chi connectivity index (χ3n) is 6.57. The summed E-state index contributed by atoms with van der Waals surface area (Å²) in [5.74, 6) is -4.73. The lowest BCUT2D eigenvalue weighted by Crippen LogP contribution is -2.16. The molecule has 0 unspecified atom stereocenters. The normalized spacial score (nSPS) is 12.8. The van der Waals surface area contributed by atoms with Crippen molar-refractivity contribution < 1.29 is 31.2 Å². The van der Waals surface area contributed by atoms with Gasteiger partial charge in [0.15, 0.2) is 5.82 Å². The van der Waals surface area contributed by atoms with Crippen molar-refractivity contribution in [1.82, 2.24) is 15.3 Å². The van der Waals surface area contributed by atoms with Crippen LogP contribution in [0.25, 0.3) is 22.2 Å². The van der Waals surface area contributed by atoms with Crippen molar-refractivity contribution in [2.24, 2.45) is 0 Å². The average Bonchev–Trinajstić information content (AvgIpc) is 3.53. The summed E-state index contributed by atoms with van der Waals surface area (Å²) in [7, 11) is -4.46. The first-order chi connectivity index (χ1) is 19.1. The Morgan fingerprint density at radius 2 is 1.80 bits per heavy atom. The quantitative estimate of drug-likeness (QED) is 0.254. The lowest BCUT2D eigenvalue weighted by molar-refractivity contribution is 0.0964. The Morgan fingerprint density at radius 3 is 2.60 bits per heavy atom. The summed E-state index contributed by atoms with van der Waals surface area (Å²) in [6.07, 6.45) is 2.78. The van der Waals surface area contributed by atoms with Gasteiger partial charge in [0.25, 0.3) is 15.9 Å². The van der Waals surface area contributed by atoms with Crippen LogP contribution in [0.5, 0.6) is 0 Å². The van der Waals surface area contributed by atoms with Crippen molar-refractivity contribution in [3.8, 4) is 11.1 Å². The number of sulfonamides is 1. The Hall–Kier alpha value is -4.97. The molecule has 6 rings (SSSR count). The molecular formula is C28H17F3N4O4S. The summed E-state index contributed by atoms with van der Waals surface area (Å²) >= 11 is 0. The van der Waals surface area contributed by atoms with E-state index in [4.69, 9.17) is 0 Å². The molecule has 12 heteroatoms. The molecule has 2 aromatic heterocycles. The van der Waals surface area contributed by atoms with Crippen LogP contribution >= 0.6 is 0 Å². The van der Waals surface area contributed by atoms with E-state index < -0.39 is 49.4 Å². The summed E-state index contributed by atoms with van der Waals surface area (Å²) < 4.78 is 71.2. The molecule has 0 radical (unpaired) electrons. The molecule has 1 amide bonds. The van der Waals surface area contributed by atoms with Crippen LogP contribution in [-0.2, 0) is 16.6 Å². The van der Waals surface area contributed by atoms with Crippen LogP contribution in [0.3, 0.4) is 0 Å². The highest BCUT2D eigenvalue weighted by Crippen LogP contribution is 2.31. The van der Waals surface area contributed by atoms with Gasteiger partial charge in [-0.1, -0.05) is 18.2 Å². The number of benzene rings is 3. The van der Waals surface area contributed by atoms with Crippen molar-refractivity contribution in [2.45, 2.75) is 11.4 Å². The molecular weight excluding hydrogens is 545 g/mol. The number of carbonyl (C=O) groups excluding carboxylic acids is 2. The van der Waals surface area contributed by atoms with Gasteiger partial charge in [-0.3, -0.25) is 14.3 Å². The lowest BCUT2D eigenvalue weighted by atomic mass is 9.98. The third-order valence-corrected chi connectivity index (χ3v) is 7.93. The van der Waals surface area contributed by atoms with Crippen molar-refractivity contribution in [3.05, 3.63) is 113 Å². The summed E-state index contributed by atoms with van der Waals surface area (Å²) in [4.78, 5) is 32.1. The number of H-pyrrole nitrogens is 1. The number of rotatable bonds is 6. The summed E-state index contributed by atoms with van der Waals surface area (Å²) in [6.45, 7) is 0.427. The Morgan fingerprint density at radius 1 is 0.975 bits per heavy atom. The SMILES string of the molecule is O=C1NCc2ccc(-c3cnc4[nH]cc(C(=O)c5c(F)ccc(NS(=O)(=O)c6cccc(F)c6)c5F)c4c3)cc21. The minimum Gasteiger partial charge on any atom is -0.348 e. The maximum Gasteiger partial charge on any atom is 0.262 e.